The van der Waals surface area contributed by atoms with Gasteiger partial charge in [-0.15, -0.1) is 0 Å². The van der Waals surface area contributed by atoms with Gasteiger partial charge in [0.15, 0.2) is 0 Å². The second kappa shape index (κ2) is 7.16. The van der Waals surface area contributed by atoms with Crippen LogP contribution in [0.4, 0.5) is 4.79 Å². The first-order valence-electron chi connectivity index (χ1n) is 9.06. The van der Waals surface area contributed by atoms with Gasteiger partial charge in [-0.1, -0.05) is 49.1 Å². The number of thioether (sulfide) groups is 1. The molecule has 0 N–H and O–H groups in total. The second-order valence-electron chi connectivity index (χ2n) is 6.91. The first kappa shape index (κ1) is 17.2. The third-order valence-corrected chi connectivity index (χ3v) is 5.88. The smallest absolute Gasteiger partial charge is 0.293 e. The molecule has 134 valence electrons. The summed E-state index contributed by atoms with van der Waals surface area (Å²) < 4.78 is 5.86. The van der Waals surface area contributed by atoms with E-state index >= 15 is 0 Å². The summed E-state index contributed by atoms with van der Waals surface area (Å²) in [7, 11) is 0. The van der Waals surface area contributed by atoms with Crippen LogP contribution in [0.5, 0.6) is 0 Å². The summed E-state index contributed by atoms with van der Waals surface area (Å²) in [5.74, 6) is 1.16. The van der Waals surface area contributed by atoms with Crippen LogP contribution in [0.1, 0.15) is 43.4 Å². The molecular weight excluding hydrogens is 346 g/mol. The first-order chi connectivity index (χ1) is 12.6. The van der Waals surface area contributed by atoms with Crippen molar-refractivity contribution in [3.63, 3.8) is 0 Å². The molecule has 1 aliphatic heterocycles. The molecule has 1 aromatic carbocycles. The molecule has 1 aliphatic carbocycles. The maximum absolute atomic E-state index is 12.7. The molecular formula is C21H21NO3S. The lowest BCUT2D eigenvalue weighted by Crippen LogP contribution is -2.39. The van der Waals surface area contributed by atoms with E-state index < -0.39 is 0 Å². The highest BCUT2D eigenvalue weighted by Crippen LogP contribution is 2.37. The molecule has 2 fully saturated rings. The average molecular weight is 367 g/mol. The van der Waals surface area contributed by atoms with Gasteiger partial charge in [-0.05, 0) is 43.7 Å². The Morgan fingerprint density at radius 1 is 1.04 bits per heavy atom. The molecule has 0 bridgehead atoms. The number of furan rings is 1. The molecule has 1 saturated heterocycles. The maximum atomic E-state index is 12.7. The fourth-order valence-corrected chi connectivity index (χ4v) is 4.45. The number of hydrogen-bond donors (Lipinski definition) is 0. The van der Waals surface area contributed by atoms with Gasteiger partial charge in [-0.3, -0.25) is 14.5 Å². The van der Waals surface area contributed by atoms with E-state index in [4.69, 9.17) is 4.42 Å². The van der Waals surface area contributed by atoms with Gasteiger partial charge in [0.25, 0.3) is 11.1 Å². The molecule has 0 spiro atoms. The second-order valence-corrected chi connectivity index (χ2v) is 7.90. The molecule has 0 unspecified atom stereocenters. The average Bonchev–Trinajstić information content (AvgIpc) is 3.21. The molecule has 2 aliphatic rings. The van der Waals surface area contributed by atoms with Crippen LogP contribution < -0.4 is 0 Å². The fraction of sp³-hybridized carbons (Fsp3) is 0.333. The lowest BCUT2D eigenvalue weighted by atomic mass is 9.94. The Balaban J connectivity index is 1.54. The van der Waals surface area contributed by atoms with Gasteiger partial charge in [0, 0.05) is 17.7 Å². The molecule has 26 heavy (non-hydrogen) atoms. The van der Waals surface area contributed by atoms with Crippen molar-refractivity contribution < 1.29 is 14.0 Å². The van der Waals surface area contributed by atoms with Crippen molar-refractivity contribution >= 4 is 29.0 Å². The molecule has 0 radical (unpaired) electrons. The van der Waals surface area contributed by atoms with Crippen LogP contribution in [-0.2, 0) is 4.79 Å². The molecule has 2 amide bonds. The number of nitrogens with zero attached hydrogens (tertiary/aromatic N) is 1. The summed E-state index contributed by atoms with van der Waals surface area (Å²) in [6, 6.07) is 11.9. The molecule has 5 heteroatoms. The van der Waals surface area contributed by atoms with Crippen molar-refractivity contribution in [3.05, 3.63) is 52.6 Å². The zero-order valence-corrected chi connectivity index (χ0v) is 15.6. The Morgan fingerprint density at radius 2 is 1.77 bits per heavy atom. The van der Waals surface area contributed by atoms with E-state index in [0.717, 1.165) is 48.8 Å². The number of rotatable bonds is 3. The van der Waals surface area contributed by atoms with Crippen LogP contribution in [0, 0.1) is 6.92 Å². The minimum absolute atomic E-state index is 0.0573. The maximum Gasteiger partial charge on any atom is 0.293 e. The summed E-state index contributed by atoms with van der Waals surface area (Å²) in [4.78, 5) is 27.0. The van der Waals surface area contributed by atoms with Gasteiger partial charge in [0.05, 0.1) is 4.91 Å². The number of imide groups is 1. The van der Waals surface area contributed by atoms with E-state index in [1.165, 1.54) is 16.9 Å². The normalized spacial score (nSPS) is 20.3. The standard InChI is InChI=1S/C21H21NO3S/c1-14-7-9-15(10-8-14)18-12-11-17(25-18)13-19-20(23)22(21(24)26-19)16-5-3-2-4-6-16/h7-13,16H,2-6H2,1H3/b19-13-. The van der Waals surface area contributed by atoms with E-state index in [9.17, 15) is 9.59 Å². The van der Waals surface area contributed by atoms with Crippen molar-refractivity contribution in [2.45, 2.75) is 45.1 Å². The van der Waals surface area contributed by atoms with Gasteiger partial charge in [-0.2, -0.15) is 0 Å². The van der Waals surface area contributed by atoms with Gasteiger partial charge in [-0.25, -0.2) is 0 Å². The summed E-state index contributed by atoms with van der Waals surface area (Å²) >= 11 is 1.02. The van der Waals surface area contributed by atoms with Gasteiger partial charge < -0.3 is 4.42 Å². The van der Waals surface area contributed by atoms with Crippen molar-refractivity contribution in [1.29, 1.82) is 0 Å². The number of carbonyl (C=O) groups excluding carboxylic acids is 2. The van der Waals surface area contributed by atoms with Crippen LogP contribution in [0.25, 0.3) is 17.4 Å². The van der Waals surface area contributed by atoms with Crippen LogP contribution >= 0.6 is 11.8 Å². The van der Waals surface area contributed by atoms with Crippen LogP contribution in [0.2, 0.25) is 0 Å². The number of hydrogen-bond acceptors (Lipinski definition) is 4. The number of amides is 2. The van der Waals surface area contributed by atoms with Crippen molar-refractivity contribution in [2.24, 2.45) is 0 Å². The highest BCUT2D eigenvalue weighted by molar-refractivity contribution is 8.18. The molecule has 4 rings (SSSR count). The van der Waals surface area contributed by atoms with Gasteiger partial charge >= 0.3 is 0 Å². The molecule has 4 nitrogen and oxygen atoms in total. The van der Waals surface area contributed by atoms with Crippen molar-refractivity contribution in [2.75, 3.05) is 0 Å². The molecule has 1 aromatic heterocycles. The van der Waals surface area contributed by atoms with E-state index in [1.54, 1.807) is 6.08 Å². The Kier molecular flexibility index (Phi) is 4.72. The predicted molar refractivity (Wildman–Crippen MR) is 104 cm³/mol. The first-order valence-corrected chi connectivity index (χ1v) is 9.87. The van der Waals surface area contributed by atoms with Crippen LogP contribution in [-0.4, -0.2) is 22.1 Å². The minimum atomic E-state index is -0.180. The fourth-order valence-electron chi connectivity index (χ4n) is 3.57. The van der Waals surface area contributed by atoms with Crippen LogP contribution in [0.15, 0.2) is 45.7 Å². The highest BCUT2D eigenvalue weighted by Gasteiger charge is 2.40. The molecule has 0 atom stereocenters. The lowest BCUT2D eigenvalue weighted by molar-refractivity contribution is -0.124. The Bertz CT molecular complexity index is 860. The zero-order valence-electron chi connectivity index (χ0n) is 14.7. The van der Waals surface area contributed by atoms with Gasteiger partial charge in [0.1, 0.15) is 11.5 Å². The molecule has 2 heterocycles. The lowest BCUT2D eigenvalue weighted by Gasteiger charge is -2.28. The number of aryl methyl sites for hydroxylation is 1. The number of benzene rings is 1. The van der Waals surface area contributed by atoms with Gasteiger partial charge in [0.2, 0.25) is 0 Å². The summed E-state index contributed by atoms with van der Waals surface area (Å²) in [6.45, 7) is 2.04. The Hall–Kier alpha value is -2.27. The topological polar surface area (TPSA) is 50.5 Å². The summed E-state index contributed by atoms with van der Waals surface area (Å²) in [6.07, 6.45) is 6.89. The Morgan fingerprint density at radius 3 is 2.50 bits per heavy atom. The third kappa shape index (κ3) is 3.36. The van der Waals surface area contributed by atoms with Crippen molar-refractivity contribution in [3.8, 4) is 11.3 Å². The van der Waals surface area contributed by atoms with E-state index in [1.807, 2.05) is 43.3 Å². The Labute approximate surface area is 157 Å². The van der Waals surface area contributed by atoms with Crippen LogP contribution in [0.3, 0.4) is 0 Å². The quantitative estimate of drug-likeness (QED) is 0.660. The van der Waals surface area contributed by atoms with Crippen molar-refractivity contribution in [1.82, 2.24) is 4.90 Å². The van der Waals surface area contributed by atoms with E-state index in [0.29, 0.717) is 10.7 Å². The zero-order chi connectivity index (χ0) is 18.1. The third-order valence-electron chi connectivity index (χ3n) is 5.00. The SMILES string of the molecule is Cc1ccc(-c2ccc(/C=C3\SC(=O)N(C4CCCCC4)C3=O)o2)cc1. The summed E-state index contributed by atoms with van der Waals surface area (Å²) in [5, 5.41) is -0.154. The van der Waals surface area contributed by atoms with E-state index in [-0.39, 0.29) is 17.2 Å². The molecule has 2 aromatic rings. The predicted octanol–water partition coefficient (Wildman–Crippen LogP) is 5.62. The molecule has 1 saturated carbocycles. The van der Waals surface area contributed by atoms with E-state index in [2.05, 4.69) is 0 Å². The monoisotopic (exact) mass is 367 g/mol. The summed E-state index contributed by atoms with van der Waals surface area (Å²) in [5.41, 5.74) is 2.18. The largest absolute Gasteiger partial charge is 0.457 e. The highest BCUT2D eigenvalue weighted by atomic mass is 32.2. The number of carbonyl (C=O) groups is 2. The minimum Gasteiger partial charge on any atom is -0.457 e.